The lowest BCUT2D eigenvalue weighted by Gasteiger charge is -2.38. The monoisotopic (exact) mass is 506 g/mol. The lowest BCUT2D eigenvalue weighted by molar-refractivity contribution is -0.119. The molecule has 2 heterocycles. The summed E-state index contributed by atoms with van der Waals surface area (Å²) in [6.45, 7) is 6.00. The van der Waals surface area contributed by atoms with Crippen LogP contribution in [0.4, 0.5) is 0 Å². The van der Waals surface area contributed by atoms with Crippen molar-refractivity contribution in [1.82, 2.24) is 10.6 Å². The van der Waals surface area contributed by atoms with E-state index in [0.717, 1.165) is 21.8 Å². The second-order valence-corrected chi connectivity index (χ2v) is 10.2. The minimum absolute atomic E-state index is 0.148. The van der Waals surface area contributed by atoms with Gasteiger partial charge in [-0.1, -0.05) is 18.2 Å². The number of carbonyl (C=O) groups excluding carboxylic acids is 2. The fourth-order valence-electron chi connectivity index (χ4n) is 4.17. The van der Waals surface area contributed by atoms with Gasteiger partial charge in [0.25, 0.3) is 11.8 Å². The van der Waals surface area contributed by atoms with Gasteiger partial charge in [0.15, 0.2) is 11.5 Å². The van der Waals surface area contributed by atoms with E-state index in [1.54, 1.807) is 24.3 Å². The van der Waals surface area contributed by atoms with Crippen molar-refractivity contribution in [3.05, 3.63) is 81.2 Å². The molecule has 0 saturated heterocycles. The van der Waals surface area contributed by atoms with Gasteiger partial charge in [0.1, 0.15) is 17.0 Å². The lowest BCUT2D eigenvalue weighted by Crippen LogP contribution is -2.43. The summed E-state index contributed by atoms with van der Waals surface area (Å²) < 4.78 is 16.7. The van der Waals surface area contributed by atoms with Gasteiger partial charge in [-0.2, -0.15) is 0 Å². The van der Waals surface area contributed by atoms with Crippen molar-refractivity contribution in [2.75, 3.05) is 14.2 Å². The summed E-state index contributed by atoms with van der Waals surface area (Å²) in [5.41, 5.74) is 2.02. The van der Waals surface area contributed by atoms with Crippen molar-refractivity contribution >= 4 is 29.2 Å². The fraction of sp³-hybridized carbons (Fsp3) is 0.286. The summed E-state index contributed by atoms with van der Waals surface area (Å²) in [6.07, 6.45) is 2.27. The molecular formula is C28H30N2O5S. The molecule has 0 saturated carbocycles. The van der Waals surface area contributed by atoms with E-state index in [0.29, 0.717) is 23.5 Å². The average molecular weight is 507 g/mol. The van der Waals surface area contributed by atoms with E-state index in [4.69, 9.17) is 14.2 Å². The molecule has 0 aliphatic carbocycles. The van der Waals surface area contributed by atoms with Crippen LogP contribution in [0.3, 0.4) is 0 Å². The molecule has 4 rings (SSSR count). The van der Waals surface area contributed by atoms with Gasteiger partial charge in [-0.3, -0.25) is 9.59 Å². The molecule has 2 N–H and O–H groups in total. The van der Waals surface area contributed by atoms with Gasteiger partial charge in [0, 0.05) is 22.4 Å². The molecule has 3 aromatic rings. The Morgan fingerprint density at radius 3 is 2.56 bits per heavy atom. The summed E-state index contributed by atoms with van der Waals surface area (Å²) in [7, 11) is 3.03. The second-order valence-electron chi connectivity index (χ2n) is 9.23. The van der Waals surface area contributed by atoms with E-state index in [2.05, 4.69) is 10.6 Å². The first-order valence-electron chi connectivity index (χ1n) is 11.6. The van der Waals surface area contributed by atoms with E-state index in [9.17, 15) is 9.59 Å². The molecule has 1 aliphatic heterocycles. The molecule has 36 heavy (non-hydrogen) atoms. The fourth-order valence-corrected chi connectivity index (χ4v) is 4.83. The third-order valence-electron chi connectivity index (χ3n) is 5.90. The smallest absolute Gasteiger partial charge is 0.268 e. The highest BCUT2D eigenvalue weighted by molar-refractivity contribution is 7.10. The Balaban J connectivity index is 1.61. The SMILES string of the molecule is COc1ccc(C(=O)N/C(=C\c2cccs2)C(=O)N[C@H]2CC(C)(C)Oc3cc(C)ccc32)cc1OC. The number of nitrogens with one attached hydrogen (secondary N) is 2. The first-order valence-corrected chi connectivity index (χ1v) is 12.5. The first-order chi connectivity index (χ1) is 17.2. The number of aryl methyl sites for hydroxylation is 1. The third-order valence-corrected chi connectivity index (χ3v) is 6.72. The maximum atomic E-state index is 13.5. The Morgan fingerprint density at radius 1 is 1.08 bits per heavy atom. The Hall–Kier alpha value is -3.78. The molecule has 2 aromatic carbocycles. The minimum Gasteiger partial charge on any atom is -0.493 e. The molecule has 0 bridgehead atoms. The normalized spacial score (nSPS) is 16.4. The number of carbonyl (C=O) groups is 2. The van der Waals surface area contributed by atoms with Gasteiger partial charge in [-0.25, -0.2) is 0 Å². The third kappa shape index (κ3) is 5.71. The largest absolute Gasteiger partial charge is 0.493 e. The Kier molecular flexibility index (Phi) is 7.35. The molecular weight excluding hydrogens is 476 g/mol. The summed E-state index contributed by atoms with van der Waals surface area (Å²) in [4.78, 5) is 27.5. The van der Waals surface area contributed by atoms with Crippen molar-refractivity contribution in [2.45, 2.75) is 38.8 Å². The number of rotatable bonds is 7. The van der Waals surface area contributed by atoms with Crippen molar-refractivity contribution in [3.8, 4) is 17.2 Å². The Bertz CT molecular complexity index is 1300. The number of thiophene rings is 1. The van der Waals surface area contributed by atoms with Crippen LogP contribution in [-0.2, 0) is 4.79 Å². The molecule has 0 spiro atoms. The molecule has 0 fully saturated rings. The molecule has 0 radical (unpaired) electrons. The number of ether oxygens (including phenoxy) is 3. The quantitative estimate of drug-likeness (QED) is 0.427. The number of fused-ring (bicyclic) bond motifs is 1. The predicted molar refractivity (Wildman–Crippen MR) is 141 cm³/mol. The van der Waals surface area contributed by atoms with Gasteiger partial charge in [0.2, 0.25) is 0 Å². The van der Waals surface area contributed by atoms with Crippen LogP contribution in [0.5, 0.6) is 17.2 Å². The van der Waals surface area contributed by atoms with Crippen LogP contribution in [0, 0.1) is 6.92 Å². The molecule has 1 atom stereocenters. The van der Waals surface area contributed by atoms with E-state index in [-0.39, 0.29) is 17.6 Å². The van der Waals surface area contributed by atoms with Crippen molar-refractivity contribution < 1.29 is 23.8 Å². The van der Waals surface area contributed by atoms with Crippen LogP contribution < -0.4 is 24.8 Å². The standard InChI is InChI=1S/C28H30N2O5S/c1-17-8-10-20-22(16-28(2,3)35-24(20)13-17)30-27(32)21(15-19-7-6-12-36-19)29-26(31)18-9-11-23(33-4)25(14-18)34-5/h6-15,22H,16H2,1-5H3,(H,29,31)(H,30,32)/b21-15-/t22-/m0/s1. The van der Waals surface area contributed by atoms with Crippen molar-refractivity contribution in [2.24, 2.45) is 0 Å². The van der Waals surface area contributed by atoms with Gasteiger partial charge in [-0.05, 0) is 68.1 Å². The molecule has 7 nitrogen and oxygen atoms in total. The highest BCUT2D eigenvalue weighted by atomic mass is 32.1. The topological polar surface area (TPSA) is 85.9 Å². The van der Waals surface area contributed by atoms with E-state index >= 15 is 0 Å². The van der Waals surface area contributed by atoms with Crippen molar-refractivity contribution in [3.63, 3.8) is 0 Å². The molecule has 188 valence electrons. The van der Waals surface area contributed by atoms with Crippen LogP contribution in [-0.4, -0.2) is 31.6 Å². The highest BCUT2D eigenvalue weighted by Crippen LogP contribution is 2.40. The molecule has 8 heteroatoms. The van der Waals surface area contributed by atoms with Crippen LogP contribution >= 0.6 is 11.3 Å². The number of hydrogen-bond donors (Lipinski definition) is 2. The van der Waals surface area contributed by atoms with Gasteiger partial charge >= 0.3 is 0 Å². The molecule has 2 amide bonds. The molecule has 1 aliphatic rings. The van der Waals surface area contributed by atoms with Crippen LogP contribution in [0.2, 0.25) is 0 Å². The molecule has 1 aromatic heterocycles. The number of amides is 2. The maximum Gasteiger partial charge on any atom is 0.268 e. The van der Waals surface area contributed by atoms with Crippen LogP contribution in [0.15, 0.2) is 59.6 Å². The van der Waals surface area contributed by atoms with Gasteiger partial charge < -0.3 is 24.8 Å². The number of benzene rings is 2. The summed E-state index contributed by atoms with van der Waals surface area (Å²) >= 11 is 1.47. The summed E-state index contributed by atoms with van der Waals surface area (Å²) in [6, 6.07) is 14.3. The maximum absolute atomic E-state index is 13.5. The first kappa shape index (κ1) is 25.3. The van der Waals surface area contributed by atoms with E-state index in [1.807, 2.05) is 56.5 Å². The number of hydrogen-bond acceptors (Lipinski definition) is 6. The van der Waals surface area contributed by atoms with Gasteiger partial charge in [0.05, 0.1) is 20.3 Å². The van der Waals surface area contributed by atoms with Crippen LogP contribution in [0.25, 0.3) is 6.08 Å². The zero-order valence-electron chi connectivity index (χ0n) is 21.0. The Morgan fingerprint density at radius 2 is 1.86 bits per heavy atom. The van der Waals surface area contributed by atoms with Gasteiger partial charge in [-0.15, -0.1) is 11.3 Å². The highest BCUT2D eigenvalue weighted by Gasteiger charge is 2.35. The van der Waals surface area contributed by atoms with E-state index < -0.39 is 11.5 Å². The second kappa shape index (κ2) is 10.5. The zero-order valence-corrected chi connectivity index (χ0v) is 21.8. The molecule has 0 unspecified atom stereocenters. The minimum atomic E-state index is -0.459. The summed E-state index contributed by atoms with van der Waals surface area (Å²) in [5.74, 6) is 0.880. The van der Waals surface area contributed by atoms with Crippen molar-refractivity contribution in [1.29, 1.82) is 0 Å². The lowest BCUT2D eigenvalue weighted by atomic mass is 9.89. The summed E-state index contributed by atoms with van der Waals surface area (Å²) in [5, 5.41) is 7.82. The van der Waals surface area contributed by atoms with E-state index in [1.165, 1.54) is 25.6 Å². The zero-order chi connectivity index (χ0) is 25.9. The predicted octanol–water partition coefficient (Wildman–Crippen LogP) is 5.26. The average Bonchev–Trinajstić information content (AvgIpc) is 3.35. The van der Waals surface area contributed by atoms with Crippen LogP contribution in [0.1, 0.15) is 52.7 Å². The Labute approximate surface area is 215 Å². The number of methoxy groups -OCH3 is 2.